The Morgan fingerprint density at radius 2 is 1.37 bits per heavy atom. The lowest BCUT2D eigenvalue weighted by molar-refractivity contribution is -0.149. The average Bonchev–Trinajstić information content (AvgIpc) is 3.39. The van der Waals surface area contributed by atoms with E-state index in [0.717, 1.165) is 11.1 Å². The smallest absolute Gasteiger partial charge is 0.326 e. The second kappa shape index (κ2) is 13.3. The summed E-state index contributed by atoms with van der Waals surface area (Å²) in [5.41, 5.74) is 7.17. The third-order valence-corrected chi connectivity index (χ3v) is 6.37. The molecule has 202 valence electrons. The summed E-state index contributed by atoms with van der Waals surface area (Å²) in [5, 5.41) is 23.8. The molecule has 1 fully saturated rings. The number of carboxylic acid groups (broad SMARTS) is 2. The van der Waals surface area contributed by atoms with Crippen molar-refractivity contribution in [3.8, 4) is 0 Å². The fourth-order valence-corrected chi connectivity index (χ4v) is 4.43. The molecule has 1 aliphatic rings. The summed E-state index contributed by atoms with van der Waals surface area (Å²) in [6.07, 6.45) is 0.404. The van der Waals surface area contributed by atoms with Crippen LogP contribution in [0.1, 0.15) is 30.4 Å². The molecule has 1 saturated heterocycles. The number of nitrogens with two attached hydrogens (primary N) is 1. The van der Waals surface area contributed by atoms with E-state index < -0.39 is 60.2 Å². The SMILES string of the molecule is NC(CC(=O)O)C(=O)NC(Cc1ccccc1)C(=O)NC(Cc1ccccc1)C(=O)N1CCCC1C(=O)O. The fourth-order valence-electron chi connectivity index (χ4n) is 4.43. The lowest BCUT2D eigenvalue weighted by Crippen LogP contribution is -2.58. The van der Waals surface area contributed by atoms with E-state index in [2.05, 4.69) is 10.6 Å². The van der Waals surface area contributed by atoms with Crippen LogP contribution in [0.3, 0.4) is 0 Å². The van der Waals surface area contributed by atoms with E-state index in [1.165, 1.54) is 4.90 Å². The Morgan fingerprint density at radius 1 is 0.842 bits per heavy atom. The van der Waals surface area contributed by atoms with Crippen LogP contribution in [0.15, 0.2) is 60.7 Å². The molecular formula is C27H32N4O7. The second-order valence-corrected chi connectivity index (χ2v) is 9.23. The first-order chi connectivity index (χ1) is 18.2. The van der Waals surface area contributed by atoms with Gasteiger partial charge in [-0.25, -0.2) is 4.79 Å². The van der Waals surface area contributed by atoms with Gasteiger partial charge in [-0.15, -0.1) is 0 Å². The maximum Gasteiger partial charge on any atom is 0.326 e. The van der Waals surface area contributed by atoms with Gasteiger partial charge in [-0.2, -0.15) is 0 Å². The topological polar surface area (TPSA) is 179 Å². The molecule has 0 saturated carbocycles. The number of carboxylic acids is 2. The third-order valence-electron chi connectivity index (χ3n) is 6.37. The molecule has 0 aromatic heterocycles. The summed E-state index contributed by atoms with van der Waals surface area (Å²) >= 11 is 0. The Labute approximate surface area is 220 Å². The predicted octanol–water partition coefficient (Wildman–Crippen LogP) is 0.319. The van der Waals surface area contributed by atoms with Crippen molar-refractivity contribution in [1.29, 1.82) is 0 Å². The largest absolute Gasteiger partial charge is 0.481 e. The van der Waals surface area contributed by atoms with Crippen LogP contribution in [0.2, 0.25) is 0 Å². The van der Waals surface area contributed by atoms with Crippen LogP contribution in [0.4, 0.5) is 0 Å². The maximum absolute atomic E-state index is 13.5. The lowest BCUT2D eigenvalue weighted by atomic mass is 10.0. The molecular weight excluding hydrogens is 492 g/mol. The Hall–Kier alpha value is -4.25. The van der Waals surface area contributed by atoms with E-state index in [1.807, 2.05) is 6.07 Å². The van der Waals surface area contributed by atoms with Crippen LogP contribution in [0, 0.1) is 0 Å². The zero-order chi connectivity index (χ0) is 27.7. The number of hydrogen-bond donors (Lipinski definition) is 5. The first kappa shape index (κ1) is 28.3. The molecule has 0 radical (unpaired) electrons. The highest BCUT2D eigenvalue weighted by atomic mass is 16.4. The fraction of sp³-hybridized carbons (Fsp3) is 0.370. The minimum atomic E-state index is -1.37. The Balaban J connectivity index is 1.85. The molecule has 0 bridgehead atoms. The lowest BCUT2D eigenvalue weighted by Gasteiger charge is -2.29. The van der Waals surface area contributed by atoms with Gasteiger partial charge in [0, 0.05) is 19.4 Å². The van der Waals surface area contributed by atoms with Crippen molar-refractivity contribution in [2.45, 2.75) is 56.3 Å². The normalized spacial score (nSPS) is 17.2. The number of carbonyl (C=O) groups is 5. The molecule has 1 heterocycles. The van der Waals surface area contributed by atoms with E-state index in [-0.39, 0.29) is 19.4 Å². The van der Waals surface area contributed by atoms with Gasteiger partial charge < -0.3 is 31.5 Å². The molecule has 4 atom stereocenters. The minimum Gasteiger partial charge on any atom is -0.481 e. The maximum atomic E-state index is 13.5. The van der Waals surface area contributed by atoms with Crippen molar-refractivity contribution in [3.63, 3.8) is 0 Å². The quantitative estimate of drug-likeness (QED) is 0.263. The van der Waals surface area contributed by atoms with Gasteiger partial charge in [0.05, 0.1) is 12.5 Å². The van der Waals surface area contributed by atoms with Gasteiger partial charge in [0.25, 0.3) is 0 Å². The number of likely N-dealkylation sites (tertiary alicyclic amines) is 1. The number of hydrogen-bond acceptors (Lipinski definition) is 6. The van der Waals surface area contributed by atoms with Crippen LogP contribution >= 0.6 is 0 Å². The molecule has 11 nitrogen and oxygen atoms in total. The van der Waals surface area contributed by atoms with Crippen LogP contribution in [0.5, 0.6) is 0 Å². The number of benzene rings is 2. The molecule has 3 rings (SSSR count). The molecule has 6 N–H and O–H groups in total. The molecule has 4 unspecified atom stereocenters. The van der Waals surface area contributed by atoms with Gasteiger partial charge in [-0.3, -0.25) is 19.2 Å². The number of nitrogens with zero attached hydrogens (tertiary/aromatic N) is 1. The predicted molar refractivity (Wildman–Crippen MR) is 137 cm³/mol. The molecule has 11 heteroatoms. The van der Waals surface area contributed by atoms with Crippen molar-refractivity contribution in [2.24, 2.45) is 5.73 Å². The van der Waals surface area contributed by atoms with Crippen LogP contribution < -0.4 is 16.4 Å². The van der Waals surface area contributed by atoms with E-state index in [9.17, 15) is 29.1 Å². The van der Waals surface area contributed by atoms with Gasteiger partial charge in [0.1, 0.15) is 18.1 Å². The Morgan fingerprint density at radius 3 is 1.89 bits per heavy atom. The summed E-state index contributed by atoms with van der Waals surface area (Å²) in [4.78, 5) is 63.6. The van der Waals surface area contributed by atoms with Gasteiger partial charge in [-0.05, 0) is 24.0 Å². The van der Waals surface area contributed by atoms with Gasteiger partial charge in [-0.1, -0.05) is 60.7 Å². The first-order valence-electron chi connectivity index (χ1n) is 12.3. The molecule has 0 spiro atoms. The van der Waals surface area contributed by atoms with Gasteiger partial charge >= 0.3 is 11.9 Å². The number of aliphatic carboxylic acids is 2. The number of nitrogens with one attached hydrogen (secondary N) is 2. The molecule has 0 aliphatic carbocycles. The molecule has 1 aliphatic heterocycles. The Bertz CT molecular complexity index is 1140. The summed E-state index contributed by atoms with van der Waals surface area (Å²) < 4.78 is 0. The highest BCUT2D eigenvalue weighted by Crippen LogP contribution is 2.20. The molecule has 3 amide bonds. The summed E-state index contributed by atoms with van der Waals surface area (Å²) in [6.45, 7) is 0.255. The highest BCUT2D eigenvalue weighted by Gasteiger charge is 2.38. The molecule has 2 aromatic carbocycles. The summed E-state index contributed by atoms with van der Waals surface area (Å²) in [6, 6.07) is 13.2. The van der Waals surface area contributed by atoms with Crippen LogP contribution in [-0.2, 0) is 36.8 Å². The van der Waals surface area contributed by atoms with E-state index in [0.29, 0.717) is 12.8 Å². The summed E-state index contributed by atoms with van der Waals surface area (Å²) in [5.74, 6) is -4.39. The van der Waals surface area contributed by atoms with Gasteiger partial charge in [0.2, 0.25) is 17.7 Å². The van der Waals surface area contributed by atoms with Crippen LogP contribution in [-0.4, -0.2) is 75.5 Å². The summed E-state index contributed by atoms with van der Waals surface area (Å²) in [7, 11) is 0. The van der Waals surface area contributed by atoms with Crippen LogP contribution in [0.25, 0.3) is 0 Å². The van der Waals surface area contributed by atoms with Crippen molar-refractivity contribution >= 4 is 29.7 Å². The molecule has 38 heavy (non-hydrogen) atoms. The van der Waals surface area contributed by atoms with E-state index in [4.69, 9.17) is 10.8 Å². The number of carbonyl (C=O) groups excluding carboxylic acids is 3. The van der Waals surface area contributed by atoms with Crippen molar-refractivity contribution in [1.82, 2.24) is 15.5 Å². The van der Waals surface area contributed by atoms with Gasteiger partial charge in [0.15, 0.2) is 0 Å². The third kappa shape index (κ3) is 7.87. The number of amides is 3. The average molecular weight is 525 g/mol. The second-order valence-electron chi connectivity index (χ2n) is 9.23. The Kier molecular flexibility index (Phi) is 9.94. The minimum absolute atomic E-state index is 0.0614. The van der Waals surface area contributed by atoms with E-state index >= 15 is 0 Å². The molecule has 2 aromatic rings. The number of rotatable bonds is 12. The van der Waals surface area contributed by atoms with Crippen molar-refractivity contribution in [2.75, 3.05) is 6.54 Å². The van der Waals surface area contributed by atoms with Crippen molar-refractivity contribution < 1.29 is 34.2 Å². The zero-order valence-corrected chi connectivity index (χ0v) is 20.8. The standard InChI is InChI=1S/C27H32N4O7/c28-19(16-23(32)33)24(34)29-20(14-17-8-3-1-4-9-17)25(35)30-21(15-18-10-5-2-6-11-18)26(36)31-13-7-12-22(31)27(37)38/h1-6,8-11,19-22H,7,12-16,28H2,(H,29,34)(H,30,35)(H,32,33)(H,37,38). The first-order valence-corrected chi connectivity index (χ1v) is 12.3. The van der Waals surface area contributed by atoms with E-state index in [1.54, 1.807) is 54.6 Å². The zero-order valence-electron chi connectivity index (χ0n) is 20.8. The monoisotopic (exact) mass is 524 g/mol. The highest BCUT2D eigenvalue weighted by molar-refractivity contribution is 5.95. The van der Waals surface area contributed by atoms with Crippen molar-refractivity contribution in [3.05, 3.63) is 71.8 Å².